The Bertz CT molecular complexity index is 784. The van der Waals surface area contributed by atoms with Crippen molar-refractivity contribution in [3.05, 3.63) is 28.3 Å². The summed E-state index contributed by atoms with van der Waals surface area (Å²) in [4.78, 5) is 15.5. The number of thiophene rings is 1. The van der Waals surface area contributed by atoms with Crippen LogP contribution in [0.3, 0.4) is 0 Å². The molecule has 156 valence electrons. The van der Waals surface area contributed by atoms with Crippen LogP contribution >= 0.6 is 11.3 Å². The number of hydrogen-bond acceptors (Lipinski definition) is 5. The largest absolute Gasteiger partial charge is 0.452 e. The highest BCUT2D eigenvalue weighted by Gasteiger charge is 2.39. The number of hydrogen-bond donors (Lipinski definition) is 1. The van der Waals surface area contributed by atoms with Crippen LogP contribution in [-0.2, 0) is 6.18 Å². The Morgan fingerprint density at radius 3 is 2.71 bits per heavy atom. The molecule has 1 saturated heterocycles. The number of alkyl halides is 3. The van der Waals surface area contributed by atoms with Gasteiger partial charge in [-0.25, -0.2) is 0 Å². The van der Waals surface area contributed by atoms with E-state index in [4.69, 9.17) is 0 Å². The van der Waals surface area contributed by atoms with E-state index < -0.39 is 11.9 Å². The third-order valence-electron chi connectivity index (χ3n) is 4.53. The van der Waals surface area contributed by atoms with Gasteiger partial charge in [0.05, 0.1) is 9.75 Å². The van der Waals surface area contributed by atoms with Crippen molar-refractivity contribution in [1.29, 1.82) is 0 Å². The highest BCUT2D eigenvalue weighted by Crippen LogP contribution is 2.38. The maximum absolute atomic E-state index is 12.9. The highest BCUT2D eigenvalue weighted by molar-refractivity contribution is 7.17. The second kappa shape index (κ2) is 9.56. The first-order valence-electron chi connectivity index (χ1n) is 9.38. The summed E-state index contributed by atoms with van der Waals surface area (Å²) in [5.74, 6) is -0.761. The van der Waals surface area contributed by atoms with Gasteiger partial charge in [0, 0.05) is 18.7 Å². The topological polar surface area (TPSA) is 58.4 Å². The monoisotopic (exact) mass is 417 g/mol. The number of halogens is 3. The van der Waals surface area contributed by atoms with Crippen molar-refractivity contribution in [3.63, 3.8) is 0 Å². The quantitative estimate of drug-likeness (QED) is 0.774. The molecule has 0 radical (unpaired) electrons. The summed E-state index contributed by atoms with van der Waals surface area (Å²) in [7, 11) is 1.89. The molecule has 0 aromatic carbocycles. The number of carbonyl (C=O) groups is 1. The Labute approximate surface area is 166 Å². The molecule has 1 amide bonds. The van der Waals surface area contributed by atoms with Crippen LogP contribution in [0.25, 0.3) is 10.6 Å². The summed E-state index contributed by atoms with van der Waals surface area (Å²) < 4.78 is 43.0. The Morgan fingerprint density at radius 1 is 1.39 bits per heavy atom. The van der Waals surface area contributed by atoms with Gasteiger partial charge in [-0.3, -0.25) is 4.79 Å². The summed E-state index contributed by atoms with van der Waals surface area (Å²) in [6.45, 7) is 7.57. The minimum Gasteiger partial charge on any atom is -0.351 e. The standard InChI is InChI=1S/C17H20F3N3O2S.C2H6/c1-10-14(22-25-15(10)17(18,19)20)12-5-6-13(26-12)16(24)23-7-3-4-11(9-23)8-21-2;1-2/h5-6,11,21H,3-4,7-9H2,1-2H3;1-2H3. The first-order valence-corrected chi connectivity index (χ1v) is 10.2. The molecule has 0 aliphatic carbocycles. The van der Waals surface area contributed by atoms with E-state index in [2.05, 4.69) is 15.0 Å². The lowest BCUT2D eigenvalue weighted by Crippen LogP contribution is -2.42. The Hall–Kier alpha value is -1.87. The Morgan fingerprint density at radius 2 is 2.11 bits per heavy atom. The number of aromatic nitrogens is 1. The van der Waals surface area contributed by atoms with E-state index in [-0.39, 0.29) is 17.2 Å². The fraction of sp³-hybridized carbons (Fsp3) is 0.579. The normalized spacial score (nSPS) is 17.2. The molecule has 0 saturated carbocycles. The highest BCUT2D eigenvalue weighted by atomic mass is 32.1. The van der Waals surface area contributed by atoms with Crippen molar-refractivity contribution < 1.29 is 22.5 Å². The number of amides is 1. The van der Waals surface area contributed by atoms with Crippen LogP contribution in [0.5, 0.6) is 0 Å². The van der Waals surface area contributed by atoms with Gasteiger partial charge in [-0.1, -0.05) is 19.0 Å². The maximum Gasteiger partial charge on any atom is 0.452 e. The van der Waals surface area contributed by atoms with Crippen molar-refractivity contribution in [2.45, 2.75) is 39.8 Å². The van der Waals surface area contributed by atoms with Crippen LogP contribution in [0.1, 0.15) is 47.7 Å². The van der Waals surface area contributed by atoms with E-state index in [0.29, 0.717) is 28.8 Å². The first-order chi connectivity index (χ1) is 13.3. The number of piperidine rings is 1. The molecule has 5 nitrogen and oxygen atoms in total. The number of likely N-dealkylation sites (tertiary alicyclic amines) is 1. The molecule has 2 aromatic heterocycles. The minimum absolute atomic E-state index is 0.0644. The lowest BCUT2D eigenvalue weighted by atomic mass is 9.98. The number of carbonyl (C=O) groups excluding carboxylic acids is 1. The predicted octanol–water partition coefficient (Wildman–Crippen LogP) is 4.83. The Balaban J connectivity index is 0.00000136. The van der Waals surface area contributed by atoms with Gasteiger partial charge in [-0.05, 0) is 51.4 Å². The molecule has 1 unspecified atom stereocenters. The SMILES string of the molecule is CC.CNCC1CCCN(C(=O)c2ccc(-c3noc(C(F)(F)F)c3C)s2)C1. The predicted molar refractivity (Wildman–Crippen MR) is 103 cm³/mol. The van der Waals surface area contributed by atoms with E-state index in [9.17, 15) is 18.0 Å². The summed E-state index contributed by atoms with van der Waals surface area (Å²) in [5, 5.41) is 6.69. The van der Waals surface area contributed by atoms with Gasteiger partial charge in [-0.15, -0.1) is 11.3 Å². The van der Waals surface area contributed by atoms with Crippen molar-refractivity contribution >= 4 is 17.2 Å². The van der Waals surface area contributed by atoms with E-state index in [1.54, 1.807) is 12.1 Å². The summed E-state index contributed by atoms with van der Waals surface area (Å²) in [6, 6.07) is 3.27. The summed E-state index contributed by atoms with van der Waals surface area (Å²) in [6.07, 6.45) is -2.55. The van der Waals surface area contributed by atoms with Crippen molar-refractivity contribution in [2.24, 2.45) is 5.92 Å². The zero-order chi connectivity index (χ0) is 20.9. The molecular weight excluding hydrogens is 391 g/mol. The molecule has 1 N–H and O–H groups in total. The van der Waals surface area contributed by atoms with Crippen LogP contribution < -0.4 is 5.32 Å². The first kappa shape index (κ1) is 22.4. The maximum atomic E-state index is 12.9. The van der Waals surface area contributed by atoms with Crippen LogP contribution in [0.4, 0.5) is 13.2 Å². The van der Waals surface area contributed by atoms with Gasteiger partial charge >= 0.3 is 6.18 Å². The molecule has 3 rings (SSSR count). The van der Waals surface area contributed by atoms with Gasteiger partial charge in [0.2, 0.25) is 5.76 Å². The zero-order valence-corrected chi connectivity index (χ0v) is 17.3. The number of nitrogens with zero attached hydrogens (tertiary/aromatic N) is 2. The smallest absolute Gasteiger partial charge is 0.351 e. The van der Waals surface area contributed by atoms with Crippen molar-refractivity contribution in [2.75, 3.05) is 26.7 Å². The van der Waals surface area contributed by atoms with Gasteiger partial charge < -0.3 is 14.7 Å². The molecule has 1 atom stereocenters. The van der Waals surface area contributed by atoms with Gasteiger partial charge in [-0.2, -0.15) is 13.2 Å². The summed E-state index contributed by atoms with van der Waals surface area (Å²) >= 11 is 1.14. The molecule has 1 aliphatic rings. The third-order valence-corrected chi connectivity index (χ3v) is 5.61. The molecule has 1 aliphatic heterocycles. The third kappa shape index (κ3) is 4.94. The van der Waals surface area contributed by atoms with Crippen molar-refractivity contribution in [1.82, 2.24) is 15.4 Å². The average Bonchev–Trinajstić information content (AvgIpc) is 3.29. The number of rotatable bonds is 4. The van der Waals surface area contributed by atoms with E-state index >= 15 is 0 Å². The van der Waals surface area contributed by atoms with Gasteiger partial charge in [0.15, 0.2) is 0 Å². The molecule has 2 aromatic rings. The molecule has 1 fully saturated rings. The van der Waals surface area contributed by atoms with Crippen LogP contribution in [-0.4, -0.2) is 42.6 Å². The minimum atomic E-state index is -4.58. The van der Waals surface area contributed by atoms with Crippen LogP contribution in [0.2, 0.25) is 0 Å². The van der Waals surface area contributed by atoms with E-state index in [1.807, 2.05) is 25.8 Å². The van der Waals surface area contributed by atoms with E-state index in [1.165, 1.54) is 6.92 Å². The molecular formula is C19H26F3N3O2S. The lowest BCUT2D eigenvalue weighted by Gasteiger charge is -2.32. The van der Waals surface area contributed by atoms with Crippen molar-refractivity contribution in [3.8, 4) is 10.6 Å². The van der Waals surface area contributed by atoms with Crippen LogP contribution in [0.15, 0.2) is 16.7 Å². The molecule has 9 heteroatoms. The molecule has 0 bridgehead atoms. The van der Waals surface area contributed by atoms with E-state index in [0.717, 1.165) is 30.7 Å². The Kier molecular flexibility index (Phi) is 7.65. The van der Waals surface area contributed by atoms with Gasteiger partial charge in [0.25, 0.3) is 5.91 Å². The van der Waals surface area contributed by atoms with Gasteiger partial charge in [0.1, 0.15) is 5.69 Å². The molecule has 28 heavy (non-hydrogen) atoms. The average molecular weight is 417 g/mol. The lowest BCUT2D eigenvalue weighted by molar-refractivity contribution is -0.156. The summed E-state index contributed by atoms with van der Waals surface area (Å²) in [5.41, 5.74) is 0.0680. The number of nitrogens with one attached hydrogen (secondary N) is 1. The fourth-order valence-corrected chi connectivity index (χ4v) is 4.28. The molecule has 3 heterocycles. The zero-order valence-electron chi connectivity index (χ0n) is 16.5. The molecule has 0 spiro atoms. The van der Waals surface area contributed by atoms with Crippen LogP contribution in [0, 0.1) is 12.8 Å². The fourth-order valence-electron chi connectivity index (χ4n) is 3.27. The second-order valence-electron chi connectivity index (χ2n) is 6.46. The second-order valence-corrected chi connectivity index (χ2v) is 7.55.